The van der Waals surface area contributed by atoms with Gasteiger partial charge in [0.25, 0.3) is 0 Å². The molecule has 1 saturated carbocycles. The normalized spacial score (nSPS) is 18.9. The van der Waals surface area contributed by atoms with Gasteiger partial charge in [0.2, 0.25) is 0 Å². The highest BCUT2D eigenvalue weighted by atomic mass is 16.5. The Bertz CT molecular complexity index is 202. The molecule has 0 radical (unpaired) electrons. The minimum atomic E-state index is -0.0992. The van der Waals surface area contributed by atoms with Gasteiger partial charge in [0.15, 0.2) is 0 Å². The standard InChI is InChI=1S/C11H18O2/c1-3-4-5-6-10(12)13-9-11(2)7-8-11/h4-5H,3,6-9H2,1-2H3. The fourth-order valence-electron chi connectivity index (χ4n) is 1.02. The maximum atomic E-state index is 11.1. The molecule has 0 aromatic rings. The fourth-order valence-corrected chi connectivity index (χ4v) is 1.02. The van der Waals surface area contributed by atoms with Crippen molar-refractivity contribution in [1.82, 2.24) is 0 Å². The molecule has 0 unspecified atom stereocenters. The van der Waals surface area contributed by atoms with Gasteiger partial charge in [-0.2, -0.15) is 0 Å². The molecule has 1 rings (SSSR count). The van der Waals surface area contributed by atoms with E-state index in [1.807, 2.05) is 19.1 Å². The van der Waals surface area contributed by atoms with Gasteiger partial charge in [0.1, 0.15) is 0 Å². The Morgan fingerprint density at radius 1 is 1.46 bits per heavy atom. The summed E-state index contributed by atoms with van der Waals surface area (Å²) in [6, 6.07) is 0. The number of hydrogen-bond donors (Lipinski definition) is 0. The van der Waals surface area contributed by atoms with Crippen molar-refractivity contribution in [3.8, 4) is 0 Å². The average Bonchev–Trinajstić information content (AvgIpc) is 2.82. The van der Waals surface area contributed by atoms with Crippen LogP contribution in [0.4, 0.5) is 0 Å². The predicted octanol–water partition coefficient (Wildman–Crippen LogP) is 2.69. The molecule has 0 spiro atoms. The van der Waals surface area contributed by atoms with Crippen LogP contribution in [-0.4, -0.2) is 12.6 Å². The van der Waals surface area contributed by atoms with E-state index in [9.17, 15) is 4.79 Å². The third-order valence-corrected chi connectivity index (χ3v) is 2.37. The fraction of sp³-hybridized carbons (Fsp3) is 0.727. The first kappa shape index (κ1) is 10.3. The van der Waals surface area contributed by atoms with E-state index in [1.165, 1.54) is 12.8 Å². The molecule has 74 valence electrons. The lowest BCUT2D eigenvalue weighted by Gasteiger charge is -2.07. The van der Waals surface area contributed by atoms with Crippen molar-refractivity contribution in [2.24, 2.45) is 5.41 Å². The number of rotatable bonds is 5. The number of ether oxygens (including phenoxy) is 1. The highest BCUT2D eigenvalue weighted by Crippen LogP contribution is 2.44. The Morgan fingerprint density at radius 2 is 2.15 bits per heavy atom. The van der Waals surface area contributed by atoms with Crippen molar-refractivity contribution >= 4 is 5.97 Å². The summed E-state index contributed by atoms with van der Waals surface area (Å²) in [5.74, 6) is -0.0992. The van der Waals surface area contributed by atoms with Gasteiger partial charge in [-0.1, -0.05) is 26.0 Å². The molecule has 1 aliphatic rings. The van der Waals surface area contributed by atoms with Crippen LogP contribution in [0, 0.1) is 5.41 Å². The lowest BCUT2D eigenvalue weighted by molar-refractivity contribution is -0.144. The van der Waals surface area contributed by atoms with Crippen molar-refractivity contribution in [2.45, 2.75) is 39.5 Å². The molecular formula is C11H18O2. The van der Waals surface area contributed by atoms with Gasteiger partial charge < -0.3 is 4.74 Å². The minimum absolute atomic E-state index is 0.0992. The van der Waals surface area contributed by atoms with E-state index in [-0.39, 0.29) is 5.97 Å². The maximum Gasteiger partial charge on any atom is 0.309 e. The van der Waals surface area contributed by atoms with E-state index in [1.54, 1.807) is 0 Å². The van der Waals surface area contributed by atoms with Gasteiger partial charge in [0, 0.05) is 5.41 Å². The van der Waals surface area contributed by atoms with E-state index in [0.717, 1.165) is 6.42 Å². The predicted molar refractivity (Wildman–Crippen MR) is 52.3 cm³/mol. The zero-order valence-electron chi connectivity index (χ0n) is 8.51. The van der Waals surface area contributed by atoms with Crippen LogP contribution in [0.5, 0.6) is 0 Å². The third-order valence-electron chi connectivity index (χ3n) is 2.37. The van der Waals surface area contributed by atoms with Crippen LogP contribution >= 0.6 is 0 Å². The summed E-state index contributed by atoms with van der Waals surface area (Å²) in [6.07, 6.45) is 7.66. The van der Waals surface area contributed by atoms with Crippen LogP contribution in [0.2, 0.25) is 0 Å². The van der Waals surface area contributed by atoms with E-state index >= 15 is 0 Å². The average molecular weight is 182 g/mol. The molecular weight excluding hydrogens is 164 g/mol. The van der Waals surface area contributed by atoms with E-state index in [4.69, 9.17) is 4.74 Å². The number of allylic oxidation sites excluding steroid dienone is 1. The van der Waals surface area contributed by atoms with Gasteiger partial charge in [0.05, 0.1) is 13.0 Å². The van der Waals surface area contributed by atoms with Crippen molar-refractivity contribution in [1.29, 1.82) is 0 Å². The van der Waals surface area contributed by atoms with E-state index in [0.29, 0.717) is 18.4 Å². The number of esters is 1. The molecule has 13 heavy (non-hydrogen) atoms. The van der Waals surface area contributed by atoms with Crippen LogP contribution < -0.4 is 0 Å². The van der Waals surface area contributed by atoms with Crippen LogP contribution in [0.3, 0.4) is 0 Å². The summed E-state index contributed by atoms with van der Waals surface area (Å²) in [4.78, 5) is 11.1. The van der Waals surface area contributed by atoms with Gasteiger partial charge in [-0.15, -0.1) is 0 Å². The maximum absolute atomic E-state index is 11.1. The molecule has 0 heterocycles. The zero-order chi connectivity index (χ0) is 9.73. The van der Waals surface area contributed by atoms with Gasteiger partial charge in [-0.25, -0.2) is 0 Å². The number of carbonyl (C=O) groups excluding carboxylic acids is 1. The number of carbonyl (C=O) groups is 1. The van der Waals surface area contributed by atoms with Crippen LogP contribution in [0.15, 0.2) is 12.2 Å². The van der Waals surface area contributed by atoms with E-state index in [2.05, 4.69) is 6.92 Å². The SMILES string of the molecule is CCC=CCC(=O)OCC1(C)CC1. The summed E-state index contributed by atoms with van der Waals surface area (Å²) in [6.45, 7) is 4.81. The molecule has 0 aromatic heterocycles. The van der Waals surface area contributed by atoms with E-state index < -0.39 is 0 Å². The summed E-state index contributed by atoms with van der Waals surface area (Å²) in [7, 11) is 0. The molecule has 2 nitrogen and oxygen atoms in total. The van der Waals surface area contributed by atoms with Gasteiger partial charge >= 0.3 is 5.97 Å². The molecule has 0 N–H and O–H groups in total. The number of hydrogen-bond acceptors (Lipinski definition) is 2. The Morgan fingerprint density at radius 3 is 2.69 bits per heavy atom. The highest BCUT2D eigenvalue weighted by molar-refractivity contribution is 5.71. The molecule has 2 heteroatoms. The smallest absolute Gasteiger partial charge is 0.309 e. The Hall–Kier alpha value is -0.790. The largest absolute Gasteiger partial charge is 0.465 e. The van der Waals surface area contributed by atoms with Crippen LogP contribution in [-0.2, 0) is 9.53 Å². The second-order valence-corrected chi connectivity index (χ2v) is 4.06. The molecule has 0 saturated heterocycles. The quantitative estimate of drug-likeness (QED) is 0.482. The third kappa shape index (κ3) is 4.11. The van der Waals surface area contributed by atoms with Crippen molar-refractivity contribution in [3.63, 3.8) is 0 Å². The first-order valence-electron chi connectivity index (χ1n) is 4.97. The van der Waals surface area contributed by atoms with Crippen molar-refractivity contribution < 1.29 is 9.53 Å². The Kier molecular flexibility index (Phi) is 3.52. The first-order valence-corrected chi connectivity index (χ1v) is 4.97. The lowest BCUT2D eigenvalue weighted by Crippen LogP contribution is -2.11. The van der Waals surface area contributed by atoms with Crippen molar-refractivity contribution in [2.75, 3.05) is 6.61 Å². The zero-order valence-corrected chi connectivity index (χ0v) is 8.51. The second kappa shape index (κ2) is 4.45. The van der Waals surface area contributed by atoms with Crippen LogP contribution in [0.1, 0.15) is 39.5 Å². The summed E-state index contributed by atoms with van der Waals surface area (Å²) in [5, 5.41) is 0. The minimum Gasteiger partial charge on any atom is -0.465 e. The van der Waals surface area contributed by atoms with Crippen LogP contribution in [0.25, 0.3) is 0 Å². The summed E-state index contributed by atoms with van der Waals surface area (Å²) in [5.41, 5.74) is 0.310. The molecule has 0 amide bonds. The highest BCUT2D eigenvalue weighted by Gasteiger charge is 2.38. The molecule has 0 aliphatic heterocycles. The van der Waals surface area contributed by atoms with Crippen molar-refractivity contribution in [3.05, 3.63) is 12.2 Å². The van der Waals surface area contributed by atoms with Gasteiger partial charge in [-0.3, -0.25) is 4.79 Å². The Balaban J connectivity index is 2.07. The molecule has 0 atom stereocenters. The monoisotopic (exact) mass is 182 g/mol. The summed E-state index contributed by atoms with van der Waals surface area (Å²) >= 11 is 0. The molecule has 1 aliphatic carbocycles. The second-order valence-electron chi connectivity index (χ2n) is 4.06. The molecule has 0 bridgehead atoms. The first-order chi connectivity index (χ1) is 6.16. The molecule has 1 fully saturated rings. The lowest BCUT2D eigenvalue weighted by atomic mass is 10.2. The molecule has 0 aromatic carbocycles. The topological polar surface area (TPSA) is 26.3 Å². The van der Waals surface area contributed by atoms with Gasteiger partial charge in [-0.05, 0) is 19.3 Å². The Labute approximate surface area is 80.0 Å². The summed E-state index contributed by atoms with van der Waals surface area (Å²) < 4.78 is 5.13.